The van der Waals surface area contributed by atoms with Crippen molar-refractivity contribution in [2.24, 2.45) is 0 Å². The largest absolute Gasteiger partial charge is 0.399 e. The average Bonchev–Trinajstić information content (AvgIpc) is 2.84. The zero-order valence-electron chi connectivity index (χ0n) is 12.1. The van der Waals surface area contributed by atoms with E-state index < -0.39 is 0 Å². The predicted molar refractivity (Wildman–Crippen MR) is 80.5 cm³/mol. The standard InChI is InChI=1S/C16H21N3O2/c17-12-6-7-13-11(9-12)3-1-4-14(13)18-15(20)10-19-8-2-5-16(19)21/h6-7,9,14H,1-5,8,10,17H2,(H,18,20)/t14-/m1/s1. The maximum Gasteiger partial charge on any atom is 0.240 e. The van der Waals surface area contributed by atoms with Crippen molar-refractivity contribution in [2.75, 3.05) is 18.8 Å². The molecule has 5 heteroatoms. The van der Waals surface area contributed by atoms with Crippen LogP contribution in [0.15, 0.2) is 18.2 Å². The maximum atomic E-state index is 12.2. The van der Waals surface area contributed by atoms with Gasteiger partial charge < -0.3 is 16.0 Å². The van der Waals surface area contributed by atoms with Gasteiger partial charge in [-0.25, -0.2) is 0 Å². The molecule has 0 aromatic heterocycles. The van der Waals surface area contributed by atoms with Gasteiger partial charge in [-0.1, -0.05) is 6.07 Å². The summed E-state index contributed by atoms with van der Waals surface area (Å²) >= 11 is 0. The first-order chi connectivity index (χ1) is 10.1. The number of amides is 2. The topological polar surface area (TPSA) is 75.4 Å². The quantitative estimate of drug-likeness (QED) is 0.825. The molecular weight excluding hydrogens is 266 g/mol. The smallest absolute Gasteiger partial charge is 0.240 e. The van der Waals surface area contributed by atoms with Gasteiger partial charge >= 0.3 is 0 Å². The van der Waals surface area contributed by atoms with Gasteiger partial charge in [0.1, 0.15) is 0 Å². The van der Waals surface area contributed by atoms with Crippen LogP contribution in [0.3, 0.4) is 0 Å². The lowest BCUT2D eigenvalue weighted by molar-refractivity contribution is -0.133. The van der Waals surface area contributed by atoms with Crippen LogP contribution in [0.5, 0.6) is 0 Å². The minimum atomic E-state index is -0.0695. The molecule has 0 bridgehead atoms. The highest BCUT2D eigenvalue weighted by Gasteiger charge is 2.25. The van der Waals surface area contributed by atoms with E-state index in [4.69, 9.17) is 5.73 Å². The number of nitrogen functional groups attached to an aromatic ring is 1. The molecule has 0 unspecified atom stereocenters. The van der Waals surface area contributed by atoms with E-state index in [1.165, 1.54) is 5.56 Å². The Balaban J connectivity index is 1.66. The van der Waals surface area contributed by atoms with E-state index in [1.54, 1.807) is 4.90 Å². The molecular formula is C16H21N3O2. The van der Waals surface area contributed by atoms with Crippen LogP contribution in [0.25, 0.3) is 0 Å². The number of nitrogens with two attached hydrogens (primary N) is 1. The molecule has 5 nitrogen and oxygen atoms in total. The van der Waals surface area contributed by atoms with Crippen molar-refractivity contribution in [2.45, 2.75) is 38.1 Å². The molecule has 1 aliphatic carbocycles. The molecule has 0 saturated carbocycles. The third-order valence-corrected chi connectivity index (χ3v) is 4.32. The van der Waals surface area contributed by atoms with Crippen LogP contribution in [0.2, 0.25) is 0 Å². The number of carbonyl (C=O) groups is 2. The average molecular weight is 287 g/mol. The zero-order chi connectivity index (χ0) is 14.8. The summed E-state index contributed by atoms with van der Waals surface area (Å²) in [6, 6.07) is 5.93. The number of aryl methyl sites for hydroxylation is 1. The van der Waals surface area contributed by atoms with Gasteiger partial charge in [0.25, 0.3) is 0 Å². The number of anilines is 1. The molecule has 1 atom stereocenters. The van der Waals surface area contributed by atoms with Gasteiger partial charge in [0.05, 0.1) is 12.6 Å². The Morgan fingerprint density at radius 1 is 1.33 bits per heavy atom. The molecule has 21 heavy (non-hydrogen) atoms. The Bertz CT molecular complexity index is 571. The highest BCUT2D eigenvalue weighted by molar-refractivity contribution is 5.86. The molecule has 0 radical (unpaired) electrons. The molecule has 3 rings (SSSR count). The van der Waals surface area contributed by atoms with Crippen molar-refractivity contribution in [3.05, 3.63) is 29.3 Å². The first kappa shape index (κ1) is 13.9. The van der Waals surface area contributed by atoms with Crippen molar-refractivity contribution in [1.29, 1.82) is 0 Å². The van der Waals surface area contributed by atoms with Crippen molar-refractivity contribution < 1.29 is 9.59 Å². The van der Waals surface area contributed by atoms with Crippen molar-refractivity contribution >= 4 is 17.5 Å². The van der Waals surface area contributed by atoms with Crippen LogP contribution in [0.4, 0.5) is 5.69 Å². The Morgan fingerprint density at radius 3 is 2.95 bits per heavy atom. The van der Waals surface area contributed by atoms with E-state index in [0.29, 0.717) is 13.0 Å². The Kier molecular flexibility index (Phi) is 3.82. The molecule has 1 aliphatic heterocycles. The summed E-state index contributed by atoms with van der Waals surface area (Å²) in [5, 5.41) is 3.07. The fourth-order valence-corrected chi connectivity index (χ4v) is 3.27. The molecule has 1 saturated heterocycles. The minimum Gasteiger partial charge on any atom is -0.399 e. The molecule has 1 fully saturated rings. The second-order valence-electron chi connectivity index (χ2n) is 5.89. The van der Waals surface area contributed by atoms with Gasteiger partial charge in [0.2, 0.25) is 11.8 Å². The minimum absolute atomic E-state index is 0.0413. The monoisotopic (exact) mass is 287 g/mol. The lowest BCUT2D eigenvalue weighted by Crippen LogP contribution is -2.40. The fraction of sp³-hybridized carbons (Fsp3) is 0.500. The highest BCUT2D eigenvalue weighted by atomic mass is 16.2. The summed E-state index contributed by atoms with van der Waals surface area (Å²) in [6.07, 6.45) is 4.43. The predicted octanol–water partition coefficient (Wildman–Crippen LogP) is 1.38. The molecule has 2 amide bonds. The number of hydrogen-bond donors (Lipinski definition) is 2. The molecule has 3 N–H and O–H groups in total. The summed E-state index contributed by atoms with van der Waals surface area (Å²) in [5.74, 6) is 0.0156. The first-order valence-electron chi connectivity index (χ1n) is 7.59. The van der Waals surface area contributed by atoms with E-state index in [-0.39, 0.29) is 24.4 Å². The van der Waals surface area contributed by atoms with Crippen LogP contribution in [-0.2, 0) is 16.0 Å². The summed E-state index contributed by atoms with van der Waals surface area (Å²) in [7, 11) is 0. The Hall–Kier alpha value is -2.04. The number of rotatable bonds is 3. The van der Waals surface area contributed by atoms with Gasteiger partial charge in [0, 0.05) is 18.7 Å². The lowest BCUT2D eigenvalue weighted by Gasteiger charge is -2.27. The number of fused-ring (bicyclic) bond motifs is 1. The molecule has 0 spiro atoms. The van der Waals surface area contributed by atoms with Gasteiger partial charge in [0.15, 0.2) is 0 Å². The molecule has 1 heterocycles. The molecule has 1 aromatic carbocycles. The van der Waals surface area contributed by atoms with Crippen molar-refractivity contribution in [3.8, 4) is 0 Å². The van der Waals surface area contributed by atoms with Crippen molar-refractivity contribution in [1.82, 2.24) is 10.2 Å². The molecule has 112 valence electrons. The summed E-state index contributed by atoms with van der Waals surface area (Å²) in [5.41, 5.74) is 8.98. The normalized spacial score (nSPS) is 21.2. The van der Waals surface area contributed by atoms with Crippen LogP contribution >= 0.6 is 0 Å². The molecule has 2 aliphatic rings. The summed E-state index contributed by atoms with van der Waals surface area (Å²) in [6.45, 7) is 0.879. The number of hydrogen-bond acceptors (Lipinski definition) is 3. The van der Waals surface area contributed by atoms with Crippen LogP contribution in [-0.4, -0.2) is 29.8 Å². The SMILES string of the molecule is Nc1ccc2c(c1)CCC[C@H]2NC(=O)CN1CCCC1=O. The van der Waals surface area contributed by atoms with Gasteiger partial charge in [-0.2, -0.15) is 0 Å². The van der Waals surface area contributed by atoms with E-state index in [9.17, 15) is 9.59 Å². The third kappa shape index (κ3) is 3.01. The van der Waals surface area contributed by atoms with Gasteiger partial charge in [-0.15, -0.1) is 0 Å². The maximum absolute atomic E-state index is 12.2. The van der Waals surface area contributed by atoms with E-state index in [1.807, 2.05) is 18.2 Å². The second kappa shape index (κ2) is 5.76. The van der Waals surface area contributed by atoms with E-state index in [2.05, 4.69) is 5.32 Å². The zero-order valence-corrected chi connectivity index (χ0v) is 12.1. The number of benzene rings is 1. The summed E-state index contributed by atoms with van der Waals surface area (Å²) < 4.78 is 0. The Labute approximate surface area is 124 Å². The van der Waals surface area contributed by atoms with Crippen molar-refractivity contribution in [3.63, 3.8) is 0 Å². The van der Waals surface area contributed by atoms with Gasteiger partial charge in [-0.3, -0.25) is 9.59 Å². The number of nitrogens with zero attached hydrogens (tertiary/aromatic N) is 1. The van der Waals surface area contributed by atoms with Crippen LogP contribution in [0.1, 0.15) is 42.9 Å². The lowest BCUT2D eigenvalue weighted by atomic mass is 9.87. The number of nitrogens with one attached hydrogen (secondary N) is 1. The number of carbonyl (C=O) groups excluding carboxylic acids is 2. The summed E-state index contributed by atoms with van der Waals surface area (Å²) in [4.78, 5) is 25.4. The molecule has 1 aromatic rings. The second-order valence-corrected chi connectivity index (χ2v) is 5.89. The van der Waals surface area contributed by atoms with E-state index >= 15 is 0 Å². The van der Waals surface area contributed by atoms with Gasteiger partial charge in [-0.05, 0) is 48.9 Å². The Morgan fingerprint density at radius 2 is 2.19 bits per heavy atom. The highest BCUT2D eigenvalue weighted by Crippen LogP contribution is 2.30. The van der Waals surface area contributed by atoms with Crippen LogP contribution in [0, 0.1) is 0 Å². The van der Waals surface area contributed by atoms with Crippen LogP contribution < -0.4 is 11.1 Å². The third-order valence-electron chi connectivity index (χ3n) is 4.32. The fourth-order valence-electron chi connectivity index (χ4n) is 3.27. The first-order valence-corrected chi connectivity index (χ1v) is 7.59. The van der Waals surface area contributed by atoms with E-state index in [0.717, 1.165) is 36.9 Å². The number of likely N-dealkylation sites (tertiary alicyclic amines) is 1.